The van der Waals surface area contributed by atoms with E-state index in [0.29, 0.717) is 46.4 Å². The van der Waals surface area contributed by atoms with Gasteiger partial charge in [-0.2, -0.15) is 0 Å². The molecular formula is C28H29N3O4S. The first-order chi connectivity index (χ1) is 17.3. The van der Waals surface area contributed by atoms with Gasteiger partial charge in [0, 0.05) is 0 Å². The standard InChI is InChI=1S/C28H29N3O4S/c1-6-22-29-30-28(36-22)31-24(18-8-7-9-19(14-18)34-11-10-15(2)3)23-25(32)20-12-16(4)17(5)13-21(20)35-26(23)27(31)33/h7-9,12-15,24H,6,10-11H2,1-5H3. The van der Waals surface area contributed by atoms with E-state index in [9.17, 15) is 9.59 Å². The lowest BCUT2D eigenvalue weighted by Crippen LogP contribution is -2.29. The summed E-state index contributed by atoms with van der Waals surface area (Å²) < 4.78 is 12.1. The highest BCUT2D eigenvalue weighted by Crippen LogP contribution is 2.43. The van der Waals surface area contributed by atoms with Gasteiger partial charge in [0.1, 0.15) is 16.3 Å². The minimum atomic E-state index is -0.693. The van der Waals surface area contributed by atoms with Crippen molar-refractivity contribution in [2.24, 2.45) is 5.92 Å². The van der Waals surface area contributed by atoms with Gasteiger partial charge in [0.15, 0.2) is 5.43 Å². The molecule has 1 aliphatic rings. The lowest BCUT2D eigenvalue weighted by Gasteiger charge is -2.22. The van der Waals surface area contributed by atoms with Crippen LogP contribution in [-0.2, 0) is 6.42 Å². The number of anilines is 1. The largest absolute Gasteiger partial charge is 0.494 e. The third-order valence-corrected chi connectivity index (χ3v) is 7.66. The van der Waals surface area contributed by atoms with E-state index >= 15 is 0 Å². The van der Waals surface area contributed by atoms with Crippen molar-refractivity contribution in [1.82, 2.24) is 10.2 Å². The van der Waals surface area contributed by atoms with Crippen LogP contribution in [0.5, 0.6) is 5.75 Å². The molecule has 0 fully saturated rings. The van der Waals surface area contributed by atoms with Crippen LogP contribution in [0.25, 0.3) is 11.0 Å². The highest BCUT2D eigenvalue weighted by Gasteiger charge is 2.45. The fraction of sp³-hybridized carbons (Fsp3) is 0.357. The van der Waals surface area contributed by atoms with E-state index in [4.69, 9.17) is 9.15 Å². The van der Waals surface area contributed by atoms with E-state index in [1.165, 1.54) is 16.2 Å². The van der Waals surface area contributed by atoms with E-state index in [0.717, 1.165) is 28.1 Å². The Morgan fingerprint density at radius 2 is 1.89 bits per heavy atom. The summed E-state index contributed by atoms with van der Waals surface area (Å²) in [6.45, 7) is 10.8. The zero-order chi connectivity index (χ0) is 25.6. The number of amides is 1. The Morgan fingerprint density at radius 3 is 2.61 bits per heavy atom. The van der Waals surface area contributed by atoms with Crippen molar-refractivity contribution in [3.8, 4) is 5.75 Å². The summed E-state index contributed by atoms with van der Waals surface area (Å²) in [5.74, 6) is 0.882. The van der Waals surface area contributed by atoms with Crippen LogP contribution >= 0.6 is 11.3 Å². The van der Waals surface area contributed by atoms with E-state index in [-0.39, 0.29) is 11.2 Å². The smallest absolute Gasteiger partial charge is 0.297 e. The first kappa shape index (κ1) is 24.2. The maximum absolute atomic E-state index is 13.9. The number of hydrogen-bond donors (Lipinski definition) is 0. The molecular weight excluding hydrogens is 474 g/mol. The summed E-state index contributed by atoms with van der Waals surface area (Å²) >= 11 is 1.35. The van der Waals surface area contributed by atoms with Crippen molar-refractivity contribution in [3.63, 3.8) is 0 Å². The first-order valence-electron chi connectivity index (χ1n) is 12.2. The molecule has 1 aliphatic heterocycles. The van der Waals surface area contributed by atoms with Gasteiger partial charge in [0.05, 0.1) is 23.6 Å². The second-order valence-corrected chi connectivity index (χ2v) is 10.7. The summed E-state index contributed by atoms with van der Waals surface area (Å²) in [6.07, 6.45) is 1.64. The molecule has 5 rings (SSSR count). The molecule has 0 aliphatic carbocycles. The lowest BCUT2D eigenvalue weighted by atomic mass is 9.97. The van der Waals surface area contributed by atoms with Crippen molar-refractivity contribution >= 4 is 33.3 Å². The third kappa shape index (κ3) is 4.19. The molecule has 2 aromatic heterocycles. The molecule has 36 heavy (non-hydrogen) atoms. The number of carbonyl (C=O) groups is 1. The molecule has 4 aromatic rings. The molecule has 0 bridgehead atoms. The van der Waals surface area contributed by atoms with Crippen LogP contribution in [0.15, 0.2) is 45.6 Å². The molecule has 7 nitrogen and oxygen atoms in total. The molecule has 186 valence electrons. The Bertz CT molecular complexity index is 1520. The average Bonchev–Trinajstić information content (AvgIpc) is 3.43. The number of aryl methyl sites for hydroxylation is 3. The first-order valence-corrected chi connectivity index (χ1v) is 13.1. The van der Waals surface area contributed by atoms with Crippen LogP contribution in [0.1, 0.15) is 71.1 Å². The van der Waals surface area contributed by atoms with E-state index in [1.54, 1.807) is 0 Å². The summed E-state index contributed by atoms with van der Waals surface area (Å²) in [4.78, 5) is 29.2. The van der Waals surface area contributed by atoms with Crippen LogP contribution < -0.4 is 15.1 Å². The van der Waals surface area contributed by atoms with Gasteiger partial charge in [-0.3, -0.25) is 14.5 Å². The SMILES string of the molecule is CCc1nnc(N2C(=O)c3oc4cc(C)c(C)cc4c(=O)c3C2c2cccc(OCCC(C)C)c2)s1. The minimum absolute atomic E-state index is 0.0557. The molecule has 0 N–H and O–H groups in total. The normalized spacial score (nSPS) is 15.2. The summed E-state index contributed by atoms with van der Waals surface area (Å²) in [5.41, 5.74) is 3.27. The molecule has 8 heteroatoms. The van der Waals surface area contributed by atoms with Gasteiger partial charge in [-0.1, -0.05) is 44.2 Å². The Kier molecular flexibility index (Phi) is 6.38. The Morgan fingerprint density at radius 1 is 1.11 bits per heavy atom. The van der Waals surface area contributed by atoms with Crippen molar-refractivity contribution in [2.75, 3.05) is 11.5 Å². The second-order valence-electron chi connectivity index (χ2n) is 9.62. The van der Waals surface area contributed by atoms with Gasteiger partial charge < -0.3 is 9.15 Å². The molecule has 1 unspecified atom stereocenters. The topological polar surface area (TPSA) is 85.5 Å². The van der Waals surface area contributed by atoms with Crippen molar-refractivity contribution in [1.29, 1.82) is 0 Å². The maximum Gasteiger partial charge on any atom is 0.297 e. The monoisotopic (exact) mass is 503 g/mol. The van der Waals surface area contributed by atoms with Crippen LogP contribution in [0.4, 0.5) is 5.13 Å². The third-order valence-electron chi connectivity index (χ3n) is 6.59. The average molecular weight is 504 g/mol. The zero-order valence-corrected chi connectivity index (χ0v) is 21.9. The number of benzene rings is 2. The molecule has 1 amide bonds. The minimum Gasteiger partial charge on any atom is -0.494 e. The Hall–Kier alpha value is -3.52. The van der Waals surface area contributed by atoms with Gasteiger partial charge in [-0.15, -0.1) is 10.2 Å². The van der Waals surface area contributed by atoms with Gasteiger partial charge >= 0.3 is 0 Å². The summed E-state index contributed by atoms with van der Waals surface area (Å²) in [7, 11) is 0. The summed E-state index contributed by atoms with van der Waals surface area (Å²) in [5, 5.41) is 10.2. The van der Waals surface area contributed by atoms with Crippen LogP contribution in [0, 0.1) is 19.8 Å². The highest BCUT2D eigenvalue weighted by molar-refractivity contribution is 7.15. The van der Waals surface area contributed by atoms with E-state index in [2.05, 4.69) is 24.0 Å². The van der Waals surface area contributed by atoms with E-state index < -0.39 is 11.9 Å². The number of nitrogens with zero attached hydrogens (tertiary/aromatic N) is 3. The zero-order valence-electron chi connectivity index (χ0n) is 21.1. The predicted molar refractivity (Wildman–Crippen MR) is 141 cm³/mol. The van der Waals surface area contributed by atoms with Crippen molar-refractivity contribution in [2.45, 2.75) is 53.5 Å². The van der Waals surface area contributed by atoms with Gasteiger partial charge in [0.25, 0.3) is 5.91 Å². The fourth-order valence-electron chi connectivity index (χ4n) is 4.41. The number of aromatic nitrogens is 2. The molecule has 0 saturated carbocycles. The number of rotatable bonds is 7. The van der Waals surface area contributed by atoms with Gasteiger partial charge in [0.2, 0.25) is 10.9 Å². The molecule has 2 aromatic carbocycles. The van der Waals surface area contributed by atoms with Crippen LogP contribution in [0.2, 0.25) is 0 Å². The second kappa shape index (κ2) is 9.50. The fourth-order valence-corrected chi connectivity index (χ4v) is 5.22. The Balaban J connectivity index is 1.69. The van der Waals surface area contributed by atoms with Crippen molar-refractivity contribution in [3.05, 3.63) is 79.6 Å². The molecule has 0 spiro atoms. The molecule has 0 saturated heterocycles. The lowest BCUT2D eigenvalue weighted by molar-refractivity contribution is 0.0970. The van der Waals surface area contributed by atoms with Gasteiger partial charge in [-0.25, -0.2) is 0 Å². The summed E-state index contributed by atoms with van der Waals surface area (Å²) in [6, 6.07) is 10.5. The number of carbonyl (C=O) groups excluding carboxylic acids is 1. The maximum atomic E-state index is 13.9. The number of fused-ring (bicyclic) bond motifs is 2. The quantitative estimate of drug-likeness (QED) is 0.308. The number of hydrogen-bond acceptors (Lipinski definition) is 7. The highest BCUT2D eigenvalue weighted by atomic mass is 32.1. The molecule has 3 heterocycles. The number of ether oxygens (including phenoxy) is 1. The van der Waals surface area contributed by atoms with Crippen LogP contribution in [0.3, 0.4) is 0 Å². The Labute approximate surface area is 213 Å². The van der Waals surface area contributed by atoms with Gasteiger partial charge in [-0.05, 0) is 73.6 Å². The molecule has 1 atom stereocenters. The van der Waals surface area contributed by atoms with Crippen LogP contribution in [-0.4, -0.2) is 22.7 Å². The van der Waals surface area contributed by atoms with Crippen molar-refractivity contribution < 1.29 is 13.9 Å². The van der Waals surface area contributed by atoms with E-state index in [1.807, 2.05) is 57.2 Å². The molecule has 0 radical (unpaired) electrons. The predicted octanol–water partition coefficient (Wildman–Crippen LogP) is 6.00.